The van der Waals surface area contributed by atoms with E-state index in [9.17, 15) is 36.0 Å². The number of primary amides is 2. The van der Waals surface area contributed by atoms with Crippen molar-refractivity contribution in [2.75, 3.05) is 82.3 Å². The SMILES string of the molecule is CCC#N.Cc1cc(N(C)C(N)=O)cc(C)c1/C=C/S(=O)(=O)N1CCC2(CC1)N=C(CCCCCCCCC1(C)COC1)NC2=O.Cc1cc(N(C)C(N)=O)cc(C)c1CCS(=O)(=O)N1CCC2(CC1)N=C(CCCCCCCCC1(C)COC1)NC2=O.O.O.[HH].[Pd]. The molecule has 26 heteroatoms. The van der Waals surface area contributed by atoms with Gasteiger partial charge in [0.25, 0.3) is 11.8 Å². The first-order valence-electron chi connectivity index (χ1n) is 31.9. The summed E-state index contributed by atoms with van der Waals surface area (Å²) in [6.07, 6.45) is 22.3. The smallest absolute Gasteiger partial charge is 0.318 e. The number of ether oxygens (including phenoxy) is 2. The average molecular weight is 1410 g/mol. The van der Waals surface area contributed by atoms with Gasteiger partial charge in [-0.05, 0) is 149 Å². The number of nitriles is 1. The zero-order chi connectivity index (χ0) is 64.5. The van der Waals surface area contributed by atoms with E-state index in [1.165, 1.54) is 88.0 Å². The number of aryl methyl sites for hydroxylation is 4. The number of amidine groups is 2. The van der Waals surface area contributed by atoms with Crippen LogP contribution in [-0.2, 0) is 66.0 Å². The third-order valence-corrected chi connectivity index (χ3v) is 21.9. The van der Waals surface area contributed by atoms with Crippen molar-refractivity contribution in [1.82, 2.24) is 19.2 Å². The molecule has 23 nitrogen and oxygen atoms in total. The molecule has 8 rings (SSSR count). The Morgan fingerprint density at radius 3 is 1.34 bits per heavy atom. The van der Waals surface area contributed by atoms with E-state index in [-0.39, 0.29) is 76.5 Å². The number of piperidine rings is 2. The van der Waals surface area contributed by atoms with Gasteiger partial charge >= 0.3 is 12.1 Å². The third kappa shape index (κ3) is 22.2. The van der Waals surface area contributed by atoms with E-state index in [4.69, 9.17) is 36.2 Å². The van der Waals surface area contributed by atoms with Crippen LogP contribution in [0.5, 0.6) is 0 Å². The summed E-state index contributed by atoms with van der Waals surface area (Å²) in [7, 11) is -3.99. The van der Waals surface area contributed by atoms with E-state index >= 15 is 0 Å². The van der Waals surface area contributed by atoms with Gasteiger partial charge in [0.2, 0.25) is 20.0 Å². The third-order valence-electron chi connectivity index (χ3n) is 18.5. The van der Waals surface area contributed by atoms with Gasteiger partial charge in [-0.2, -0.15) is 9.57 Å². The number of amides is 6. The molecule has 6 aliphatic heterocycles. The van der Waals surface area contributed by atoms with Crippen LogP contribution in [0.15, 0.2) is 39.7 Å². The van der Waals surface area contributed by atoms with E-state index in [1.807, 2.05) is 52.8 Å². The molecule has 2 aromatic rings. The van der Waals surface area contributed by atoms with Crippen molar-refractivity contribution in [2.24, 2.45) is 32.3 Å². The average Bonchev–Trinajstić information content (AvgIpc) is 1.60. The molecule has 6 amide bonds. The maximum absolute atomic E-state index is 13.2. The summed E-state index contributed by atoms with van der Waals surface area (Å²) in [5, 5.41) is 14.8. The number of nitrogens with zero attached hydrogens (tertiary/aromatic N) is 7. The molecule has 6 heterocycles. The molecule has 2 aromatic carbocycles. The van der Waals surface area contributed by atoms with Crippen LogP contribution in [0.25, 0.3) is 6.08 Å². The van der Waals surface area contributed by atoms with Crippen molar-refractivity contribution in [3.05, 3.63) is 63.1 Å². The van der Waals surface area contributed by atoms with E-state index in [2.05, 4.69) is 24.5 Å². The number of hydrogen-bond donors (Lipinski definition) is 4. The molecular formula is C65H107N11O12PdS2. The Kier molecular flexibility index (Phi) is 31.6. The Morgan fingerprint density at radius 2 is 0.989 bits per heavy atom. The molecule has 0 aliphatic carbocycles. The number of carbonyl (C=O) groups excluding carboxylic acids is 4. The number of rotatable bonds is 27. The fourth-order valence-corrected chi connectivity index (χ4v) is 15.1. The zero-order valence-corrected chi connectivity index (χ0v) is 58.6. The predicted octanol–water partition coefficient (Wildman–Crippen LogP) is 8.36. The van der Waals surface area contributed by atoms with Crippen molar-refractivity contribution < 1.29 is 78.3 Å². The van der Waals surface area contributed by atoms with Gasteiger partial charge in [0.1, 0.15) is 22.7 Å². The number of nitrogens with one attached hydrogen (secondary N) is 2. The van der Waals surface area contributed by atoms with Crippen molar-refractivity contribution in [3.63, 3.8) is 0 Å². The van der Waals surface area contributed by atoms with Crippen molar-refractivity contribution >= 4 is 73.0 Å². The standard InChI is InChI=1S/C31H49N5O5S.C31H47N5O5S.C3H5N.2H2O.Pd.H2/c2*1-23-19-25(35(4)29(32)38)20-24(2)26(23)12-18-42(39,40)36-16-14-31(15-17-36)28(37)33-27(34-31)11-9-7-5-6-8-10-13-30(3)21-41-22-30;1-2-3-4;;;;/h19-20H,5-18,21-22H2,1-4H3,(H2,32,38)(H,33,34,37);12,18-20H,5-11,13-17,21-22H2,1-4H3,(H2,32,38)(H,33,34,37);2H2,1H3;2*1H2;;1H/b;18-12+;;;;;. The van der Waals surface area contributed by atoms with Crippen LogP contribution in [0, 0.1) is 49.9 Å². The Bertz CT molecular complexity index is 3110. The number of benzene rings is 2. The largest absolute Gasteiger partial charge is 0.412 e. The molecule has 0 aromatic heterocycles. The summed E-state index contributed by atoms with van der Waals surface area (Å²) in [6, 6.07) is 8.12. The van der Waals surface area contributed by atoms with Gasteiger partial charge in [-0.25, -0.2) is 30.7 Å². The topological polar surface area (TPSA) is 356 Å². The molecule has 0 bridgehead atoms. The van der Waals surface area contributed by atoms with E-state index in [1.54, 1.807) is 32.3 Å². The van der Waals surface area contributed by atoms with Crippen LogP contribution >= 0.6 is 0 Å². The molecule has 4 fully saturated rings. The number of unbranched alkanes of at least 4 members (excludes halogenated alkanes) is 10. The van der Waals surface area contributed by atoms with Gasteiger partial charge < -0.3 is 42.5 Å². The van der Waals surface area contributed by atoms with E-state index < -0.39 is 43.2 Å². The minimum Gasteiger partial charge on any atom is -0.412 e. The predicted molar refractivity (Wildman–Crippen MR) is 358 cm³/mol. The second kappa shape index (κ2) is 35.9. The normalized spacial score (nSPS) is 18.6. The Hall–Kier alpha value is -5.19. The number of hydrogen-bond acceptors (Lipinski definition) is 13. The first-order valence-corrected chi connectivity index (χ1v) is 35.0. The number of urea groups is 2. The van der Waals surface area contributed by atoms with E-state index in [0.29, 0.717) is 60.7 Å². The molecule has 91 heavy (non-hydrogen) atoms. The second-order valence-electron chi connectivity index (χ2n) is 26.0. The van der Waals surface area contributed by atoms with Crippen molar-refractivity contribution in [2.45, 2.75) is 201 Å². The van der Waals surface area contributed by atoms with Gasteiger partial charge in [-0.15, -0.1) is 0 Å². The molecule has 0 unspecified atom stereocenters. The summed E-state index contributed by atoms with van der Waals surface area (Å²) in [5.41, 5.74) is 16.5. The maximum atomic E-state index is 13.2. The number of nitrogens with two attached hydrogens (primary N) is 2. The number of aliphatic imine (C=N–C) groups is 2. The fraction of sp³-hybridized carbons (Fsp3) is 0.677. The summed E-state index contributed by atoms with van der Waals surface area (Å²) >= 11 is 0. The minimum atomic E-state index is -3.68. The summed E-state index contributed by atoms with van der Waals surface area (Å²) in [5.74, 6) is 1.29. The van der Waals surface area contributed by atoms with Crippen LogP contribution in [0.1, 0.15) is 190 Å². The Balaban J connectivity index is 0.000000569. The van der Waals surface area contributed by atoms with Gasteiger partial charge in [0.15, 0.2) is 0 Å². The quantitative estimate of drug-likeness (QED) is 0.0486. The summed E-state index contributed by atoms with van der Waals surface area (Å²) in [6.45, 7) is 18.7. The number of anilines is 2. The molecular weight excluding hydrogens is 1300 g/mol. The van der Waals surface area contributed by atoms with Gasteiger partial charge in [0, 0.05) is 109 Å². The molecule has 0 radical (unpaired) electrons. The van der Waals surface area contributed by atoms with Crippen LogP contribution < -0.4 is 31.9 Å². The van der Waals surface area contributed by atoms with E-state index in [0.717, 1.165) is 110 Å². The molecule has 4 saturated heterocycles. The van der Waals surface area contributed by atoms with Crippen molar-refractivity contribution in [1.29, 1.82) is 5.26 Å². The van der Waals surface area contributed by atoms with Crippen LogP contribution in [0.3, 0.4) is 0 Å². The Morgan fingerprint density at radius 1 is 0.637 bits per heavy atom. The second-order valence-corrected chi connectivity index (χ2v) is 29.9. The summed E-state index contributed by atoms with van der Waals surface area (Å²) in [4.78, 5) is 61.1. The first-order chi connectivity index (χ1) is 41.6. The van der Waals surface area contributed by atoms with Crippen LogP contribution in [0.4, 0.5) is 21.0 Å². The molecule has 10 N–H and O–H groups in total. The van der Waals surface area contributed by atoms with Gasteiger partial charge in [-0.3, -0.25) is 29.4 Å². The maximum Gasteiger partial charge on any atom is 0.318 e. The zero-order valence-electron chi connectivity index (χ0n) is 55.4. The monoisotopic (exact) mass is 1400 g/mol. The molecule has 0 saturated carbocycles. The minimum absolute atomic E-state index is 0. The molecule has 6 aliphatic rings. The number of carbonyl (C=O) groups is 4. The number of sulfonamides is 2. The summed E-state index contributed by atoms with van der Waals surface area (Å²) < 4.78 is 66.4. The van der Waals surface area contributed by atoms with Crippen molar-refractivity contribution in [3.8, 4) is 6.07 Å². The molecule has 0 atom stereocenters. The van der Waals surface area contributed by atoms with Crippen LogP contribution in [-0.4, -0.2) is 155 Å². The fourth-order valence-electron chi connectivity index (χ4n) is 12.4. The molecule has 2 spiro atoms. The first kappa shape index (κ1) is 80.0. The van der Waals surface area contributed by atoms with Gasteiger partial charge in [0.05, 0.1) is 38.2 Å². The molecule has 516 valence electrons. The van der Waals surface area contributed by atoms with Crippen LogP contribution in [0.2, 0.25) is 0 Å². The Labute approximate surface area is 557 Å². The van der Waals surface area contributed by atoms with Gasteiger partial charge in [-0.1, -0.05) is 85.0 Å².